The van der Waals surface area contributed by atoms with Crippen LogP contribution in [0.15, 0.2) is 24.3 Å². The maximum Gasteiger partial charge on any atom is 0.245 e. The quantitative estimate of drug-likeness (QED) is 0.841. The number of carbonyl (C=O) groups excluding carboxylic acids is 2. The number of β-lactam (4-membered cyclic amide) rings is 1. The van der Waals surface area contributed by atoms with Gasteiger partial charge in [-0.1, -0.05) is 31.9 Å². The highest BCUT2D eigenvalue weighted by molar-refractivity contribution is 5.94. The average molecular weight is 332 g/mol. The molecule has 2 unspecified atom stereocenters. The third-order valence-electron chi connectivity index (χ3n) is 5.60. The van der Waals surface area contributed by atoms with E-state index in [0.29, 0.717) is 12.8 Å². The van der Waals surface area contributed by atoms with E-state index in [9.17, 15) is 14.0 Å². The lowest BCUT2D eigenvalue weighted by atomic mass is 9.83. The molecule has 0 bridgehead atoms. The first-order chi connectivity index (χ1) is 11.5. The van der Waals surface area contributed by atoms with Gasteiger partial charge in [-0.2, -0.15) is 0 Å². The van der Waals surface area contributed by atoms with E-state index in [2.05, 4.69) is 5.32 Å². The summed E-state index contributed by atoms with van der Waals surface area (Å²) in [6, 6.07) is 6.27. The zero-order chi connectivity index (χ0) is 17.3. The molecule has 2 atom stereocenters. The lowest BCUT2D eigenvalue weighted by molar-refractivity contribution is -0.164. The predicted octanol–water partition coefficient (Wildman–Crippen LogP) is 3.33. The van der Waals surface area contributed by atoms with Gasteiger partial charge in [-0.15, -0.1) is 0 Å². The molecule has 5 heteroatoms. The number of halogens is 1. The van der Waals surface area contributed by atoms with Gasteiger partial charge in [0.2, 0.25) is 11.8 Å². The zero-order valence-electron chi connectivity index (χ0n) is 14.3. The molecule has 2 amide bonds. The average Bonchev–Trinajstić information content (AvgIpc) is 3.06. The topological polar surface area (TPSA) is 49.4 Å². The minimum absolute atomic E-state index is 0.0183. The van der Waals surface area contributed by atoms with Crippen LogP contribution in [0, 0.1) is 5.82 Å². The molecule has 24 heavy (non-hydrogen) atoms. The second-order valence-electron chi connectivity index (χ2n) is 7.12. The summed E-state index contributed by atoms with van der Waals surface area (Å²) in [7, 11) is 0. The van der Waals surface area contributed by atoms with E-state index >= 15 is 0 Å². The molecule has 1 aromatic rings. The van der Waals surface area contributed by atoms with E-state index in [-0.39, 0.29) is 29.7 Å². The number of likely N-dealkylation sites (tertiary alicyclic amines) is 1. The zero-order valence-corrected chi connectivity index (χ0v) is 14.3. The molecule has 1 heterocycles. The van der Waals surface area contributed by atoms with Gasteiger partial charge in [-0.25, -0.2) is 4.39 Å². The minimum Gasteiger partial charge on any atom is -0.351 e. The molecule has 1 aromatic carbocycles. The summed E-state index contributed by atoms with van der Waals surface area (Å²) in [5.41, 5.74) is 0.0149. The summed E-state index contributed by atoms with van der Waals surface area (Å²) in [5, 5.41) is 3.13. The summed E-state index contributed by atoms with van der Waals surface area (Å²) < 4.78 is 13.2. The van der Waals surface area contributed by atoms with Gasteiger partial charge in [0.05, 0.1) is 12.5 Å². The third kappa shape index (κ3) is 2.92. The van der Waals surface area contributed by atoms with Crippen LogP contribution in [-0.4, -0.2) is 28.3 Å². The fourth-order valence-corrected chi connectivity index (χ4v) is 3.84. The van der Waals surface area contributed by atoms with Gasteiger partial charge in [0.15, 0.2) is 0 Å². The van der Waals surface area contributed by atoms with Crippen LogP contribution in [0.4, 0.5) is 4.39 Å². The molecular formula is C19H25FN2O2. The van der Waals surface area contributed by atoms with Crippen molar-refractivity contribution in [3.63, 3.8) is 0 Å². The first kappa shape index (κ1) is 16.9. The Kier molecular flexibility index (Phi) is 4.61. The van der Waals surface area contributed by atoms with Gasteiger partial charge < -0.3 is 10.2 Å². The maximum absolute atomic E-state index is 13.2. The van der Waals surface area contributed by atoms with E-state index in [1.807, 2.05) is 13.8 Å². The number of carbonyl (C=O) groups is 2. The van der Waals surface area contributed by atoms with E-state index in [1.54, 1.807) is 17.0 Å². The Morgan fingerprint density at radius 1 is 1.29 bits per heavy atom. The highest BCUT2D eigenvalue weighted by atomic mass is 19.1. The SMILES string of the molecule is CCC(C)(C(=O)NC1CCCC1)N1C(=O)CC1c1ccc(F)cc1. The van der Waals surface area contributed by atoms with Crippen LogP contribution in [0.1, 0.15) is 64.0 Å². The molecule has 4 nitrogen and oxygen atoms in total. The molecular weight excluding hydrogens is 307 g/mol. The van der Waals surface area contributed by atoms with Crippen LogP contribution >= 0.6 is 0 Å². The normalized spacial score (nSPS) is 23.7. The Bertz CT molecular complexity index is 625. The van der Waals surface area contributed by atoms with Crippen molar-refractivity contribution in [3.05, 3.63) is 35.6 Å². The highest BCUT2D eigenvalue weighted by Crippen LogP contribution is 2.42. The second-order valence-corrected chi connectivity index (χ2v) is 7.12. The molecule has 0 radical (unpaired) electrons. The highest BCUT2D eigenvalue weighted by Gasteiger charge is 2.51. The van der Waals surface area contributed by atoms with Crippen LogP contribution in [0.2, 0.25) is 0 Å². The number of amides is 2. The molecule has 0 aromatic heterocycles. The van der Waals surface area contributed by atoms with E-state index < -0.39 is 5.54 Å². The fourth-order valence-electron chi connectivity index (χ4n) is 3.84. The van der Waals surface area contributed by atoms with Crippen molar-refractivity contribution in [3.8, 4) is 0 Å². The van der Waals surface area contributed by atoms with Crippen molar-refractivity contribution in [1.82, 2.24) is 10.2 Å². The molecule has 1 aliphatic heterocycles. The van der Waals surface area contributed by atoms with Gasteiger partial charge in [0, 0.05) is 6.04 Å². The van der Waals surface area contributed by atoms with Crippen molar-refractivity contribution in [1.29, 1.82) is 0 Å². The van der Waals surface area contributed by atoms with Gasteiger partial charge in [-0.05, 0) is 43.9 Å². The van der Waals surface area contributed by atoms with Crippen molar-refractivity contribution in [2.24, 2.45) is 0 Å². The number of nitrogens with one attached hydrogen (secondary N) is 1. The lowest BCUT2D eigenvalue weighted by Crippen LogP contribution is -2.65. The van der Waals surface area contributed by atoms with Gasteiger partial charge in [0.25, 0.3) is 0 Å². The minimum atomic E-state index is -0.864. The standard InChI is InChI=1S/C19H25FN2O2/c1-3-19(2,18(24)21-15-6-4-5-7-15)22-16(12-17(22)23)13-8-10-14(20)11-9-13/h8-11,15-16H,3-7,12H2,1-2H3,(H,21,24). The summed E-state index contributed by atoms with van der Waals surface area (Å²) >= 11 is 0. The Labute approximate surface area is 142 Å². The van der Waals surface area contributed by atoms with E-state index in [1.165, 1.54) is 12.1 Å². The van der Waals surface area contributed by atoms with Crippen molar-refractivity contribution in [2.75, 3.05) is 0 Å². The van der Waals surface area contributed by atoms with E-state index in [0.717, 1.165) is 31.2 Å². The lowest BCUT2D eigenvalue weighted by Gasteiger charge is -2.51. The summed E-state index contributed by atoms with van der Waals surface area (Å²) in [6.45, 7) is 3.77. The number of benzene rings is 1. The molecule has 2 aliphatic rings. The molecule has 0 spiro atoms. The van der Waals surface area contributed by atoms with Crippen molar-refractivity contribution < 1.29 is 14.0 Å². The second kappa shape index (κ2) is 6.54. The smallest absolute Gasteiger partial charge is 0.245 e. The summed E-state index contributed by atoms with van der Waals surface area (Å²) in [4.78, 5) is 26.9. The Morgan fingerprint density at radius 3 is 2.46 bits per heavy atom. The number of nitrogens with zero attached hydrogens (tertiary/aromatic N) is 1. The van der Waals surface area contributed by atoms with Crippen LogP contribution < -0.4 is 5.32 Å². The Morgan fingerprint density at radius 2 is 1.92 bits per heavy atom. The molecule has 2 fully saturated rings. The van der Waals surface area contributed by atoms with Crippen LogP contribution in [0.3, 0.4) is 0 Å². The molecule has 1 saturated carbocycles. The van der Waals surface area contributed by atoms with Gasteiger partial charge in [0.1, 0.15) is 11.4 Å². The molecule has 130 valence electrons. The van der Waals surface area contributed by atoms with Crippen molar-refractivity contribution >= 4 is 11.8 Å². The van der Waals surface area contributed by atoms with Gasteiger partial charge >= 0.3 is 0 Å². The predicted molar refractivity (Wildman–Crippen MR) is 89.7 cm³/mol. The Hall–Kier alpha value is -1.91. The third-order valence-corrected chi connectivity index (χ3v) is 5.60. The largest absolute Gasteiger partial charge is 0.351 e. The van der Waals surface area contributed by atoms with Crippen LogP contribution in [0.5, 0.6) is 0 Å². The Balaban J connectivity index is 1.80. The first-order valence-corrected chi connectivity index (χ1v) is 8.84. The monoisotopic (exact) mass is 332 g/mol. The fraction of sp³-hybridized carbons (Fsp3) is 0.579. The molecule has 1 saturated heterocycles. The molecule has 1 aliphatic carbocycles. The van der Waals surface area contributed by atoms with E-state index in [4.69, 9.17) is 0 Å². The molecule has 1 N–H and O–H groups in total. The first-order valence-electron chi connectivity index (χ1n) is 8.84. The molecule has 3 rings (SSSR count). The van der Waals surface area contributed by atoms with Crippen LogP contribution in [0.25, 0.3) is 0 Å². The van der Waals surface area contributed by atoms with Crippen molar-refractivity contribution in [2.45, 2.75) is 70.0 Å². The van der Waals surface area contributed by atoms with Gasteiger partial charge in [-0.3, -0.25) is 9.59 Å². The maximum atomic E-state index is 13.2. The number of rotatable bonds is 5. The summed E-state index contributed by atoms with van der Waals surface area (Å²) in [6.07, 6.45) is 5.25. The van der Waals surface area contributed by atoms with Crippen LogP contribution in [-0.2, 0) is 9.59 Å². The summed E-state index contributed by atoms with van der Waals surface area (Å²) in [5.74, 6) is -0.388. The number of hydrogen-bond acceptors (Lipinski definition) is 2. The number of hydrogen-bond donors (Lipinski definition) is 1.